The lowest BCUT2D eigenvalue weighted by Crippen LogP contribution is -2.36. The van der Waals surface area contributed by atoms with Crippen molar-refractivity contribution in [1.29, 1.82) is 0 Å². The van der Waals surface area contributed by atoms with Gasteiger partial charge >= 0.3 is 6.09 Å². The van der Waals surface area contributed by atoms with Crippen molar-refractivity contribution >= 4 is 16.1 Å². The summed E-state index contributed by atoms with van der Waals surface area (Å²) in [6.07, 6.45) is -4.08. The Kier molecular flexibility index (Phi) is 6.86. The predicted molar refractivity (Wildman–Crippen MR) is 93.4 cm³/mol. The van der Waals surface area contributed by atoms with Gasteiger partial charge in [0.15, 0.2) is 0 Å². The van der Waals surface area contributed by atoms with Crippen LogP contribution in [0.2, 0.25) is 0 Å². The summed E-state index contributed by atoms with van der Waals surface area (Å²) < 4.78 is 41.3. The van der Waals surface area contributed by atoms with E-state index < -0.39 is 45.6 Å². The van der Waals surface area contributed by atoms with Crippen LogP contribution in [0.1, 0.15) is 17.2 Å². The number of rotatable bonds is 7. The van der Waals surface area contributed by atoms with E-state index in [-0.39, 0.29) is 12.2 Å². The number of nitrogens with two attached hydrogens (primary N) is 1. The summed E-state index contributed by atoms with van der Waals surface area (Å²) in [5.41, 5.74) is 0.430. The third-order valence-electron chi connectivity index (χ3n) is 3.65. The van der Waals surface area contributed by atoms with Crippen molar-refractivity contribution in [3.05, 3.63) is 65.5 Å². The largest absolute Gasteiger partial charge is 0.445 e. The highest BCUT2D eigenvalue weighted by atomic mass is 32.2. The van der Waals surface area contributed by atoms with E-state index in [1.165, 1.54) is 0 Å². The molecular formula is C17H19FN2O6S. The molecule has 27 heavy (non-hydrogen) atoms. The zero-order chi connectivity index (χ0) is 20.0. The van der Waals surface area contributed by atoms with Crippen molar-refractivity contribution < 1.29 is 32.6 Å². The first kappa shape index (κ1) is 20.8. The van der Waals surface area contributed by atoms with Crippen LogP contribution >= 0.6 is 0 Å². The first-order valence-electron chi connectivity index (χ1n) is 7.81. The molecule has 2 rings (SSSR count). The quantitative estimate of drug-likeness (QED) is 0.544. The molecule has 2 unspecified atom stereocenters. The second-order valence-electron chi connectivity index (χ2n) is 5.68. The number of alkyl carbamates (subject to hydrolysis) is 1. The zero-order valence-electron chi connectivity index (χ0n) is 14.1. The van der Waals surface area contributed by atoms with Gasteiger partial charge in [-0.15, -0.1) is 0 Å². The van der Waals surface area contributed by atoms with Gasteiger partial charge in [0.1, 0.15) is 24.6 Å². The molecule has 146 valence electrons. The van der Waals surface area contributed by atoms with Gasteiger partial charge in [0.05, 0.1) is 4.90 Å². The van der Waals surface area contributed by atoms with E-state index in [2.05, 4.69) is 5.32 Å². The summed E-state index contributed by atoms with van der Waals surface area (Å²) in [6.45, 7) is -0.389. The van der Waals surface area contributed by atoms with Crippen molar-refractivity contribution in [1.82, 2.24) is 5.32 Å². The van der Waals surface area contributed by atoms with Gasteiger partial charge in [-0.25, -0.2) is 22.7 Å². The Morgan fingerprint density at radius 3 is 2.44 bits per heavy atom. The summed E-state index contributed by atoms with van der Waals surface area (Å²) in [5.74, 6) is -1.06. The van der Waals surface area contributed by atoms with Crippen molar-refractivity contribution in [3.63, 3.8) is 0 Å². The second kappa shape index (κ2) is 8.91. The topological polar surface area (TPSA) is 139 Å². The van der Waals surface area contributed by atoms with Crippen molar-refractivity contribution in [2.45, 2.75) is 23.7 Å². The van der Waals surface area contributed by atoms with Crippen LogP contribution in [0, 0.1) is 5.82 Å². The number of hydrogen-bond donors (Lipinski definition) is 4. The number of aliphatic hydroxyl groups excluding tert-OH is 2. The number of hydrogen-bond acceptors (Lipinski definition) is 6. The first-order valence-corrected chi connectivity index (χ1v) is 9.36. The molecule has 1 amide bonds. The maximum atomic E-state index is 14.0. The molecule has 0 fully saturated rings. The third-order valence-corrected chi connectivity index (χ3v) is 4.56. The summed E-state index contributed by atoms with van der Waals surface area (Å²) in [7, 11) is -4.10. The highest BCUT2D eigenvalue weighted by molar-refractivity contribution is 7.89. The fourth-order valence-electron chi connectivity index (χ4n) is 2.21. The number of ether oxygens (including phenoxy) is 1. The lowest BCUT2D eigenvalue weighted by molar-refractivity contribution is 0.0163. The van der Waals surface area contributed by atoms with E-state index in [0.717, 1.165) is 17.7 Å². The van der Waals surface area contributed by atoms with Gasteiger partial charge in [-0.2, -0.15) is 0 Å². The molecule has 0 aliphatic carbocycles. The summed E-state index contributed by atoms with van der Waals surface area (Å²) in [4.78, 5) is 11.2. The number of nitrogens with one attached hydrogen (secondary N) is 1. The molecule has 2 atom stereocenters. The van der Waals surface area contributed by atoms with E-state index >= 15 is 0 Å². The Labute approximate surface area is 155 Å². The van der Waals surface area contributed by atoms with E-state index in [4.69, 9.17) is 9.88 Å². The smallest absolute Gasteiger partial charge is 0.407 e. The Hall–Kier alpha value is -2.53. The predicted octanol–water partition coefficient (Wildman–Crippen LogP) is 0.794. The van der Waals surface area contributed by atoms with Crippen LogP contribution < -0.4 is 10.5 Å². The lowest BCUT2D eigenvalue weighted by atomic mass is 10.0. The molecular weight excluding hydrogens is 379 g/mol. The highest BCUT2D eigenvalue weighted by Gasteiger charge is 2.23. The molecule has 8 nitrogen and oxygen atoms in total. The maximum Gasteiger partial charge on any atom is 0.407 e. The standard InChI is InChI=1S/C17H19FN2O6S/c18-14-8-12(27(19,24)25)6-7-13(14)16(22)15(21)9-20-17(23)26-10-11-4-2-1-3-5-11/h1-8,15-16,21-22H,9-10H2,(H,20,23)(H2,19,24,25). The molecule has 0 aliphatic heterocycles. The normalized spacial score (nSPS) is 13.6. The number of halogens is 1. The number of benzene rings is 2. The Morgan fingerprint density at radius 1 is 1.19 bits per heavy atom. The molecule has 0 bridgehead atoms. The van der Waals surface area contributed by atoms with Gasteiger partial charge in [-0.3, -0.25) is 0 Å². The number of amides is 1. The average Bonchev–Trinajstić information content (AvgIpc) is 2.63. The number of aliphatic hydroxyl groups is 2. The molecule has 0 aromatic heterocycles. The number of carbonyl (C=O) groups excluding carboxylic acids is 1. The minimum atomic E-state index is -4.10. The van der Waals surface area contributed by atoms with E-state index in [1.807, 2.05) is 6.07 Å². The van der Waals surface area contributed by atoms with Crippen molar-refractivity contribution in [2.24, 2.45) is 5.14 Å². The third kappa shape index (κ3) is 6.00. The molecule has 0 aliphatic rings. The average molecular weight is 398 g/mol. The first-order chi connectivity index (χ1) is 12.7. The SMILES string of the molecule is NS(=O)(=O)c1ccc(C(O)C(O)CNC(=O)OCc2ccccc2)c(F)c1. The fraction of sp³-hybridized carbons (Fsp3) is 0.235. The Bertz CT molecular complexity index is 892. The van der Waals surface area contributed by atoms with Crippen molar-refractivity contribution in [2.75, 3.05) is 6.54 Å². The molecule has 5 N–H and O–H groups in total. The number of sulfonamides is 1. The Morgan fingerprint density at radius 2 is 1.85 bits per heavy atom. The minimum Gasteiger partial charge on any atom is -0.445 e. The van der Waals surface area contributed by atoms with E-state index in [1.54, 1.807) is 24.3 Å². The second-order valence-corrected chi connectivity index (χ2v) is 7.24. The fourth-order valence-corrected chi connectivity index (χ4v) is 2.73. The van der Waals surface area contributed by atoms with E-state index in [9.17, 15) is 27.8 Å². The van der Waals surface area contributed by atoms with Gasteiger partial charge in [0.2, 0.25) is 10.0 Å². The minimum absolute atomic E-state index is 0.0228. The molecule has 10 heteroatoms. The van der Waals surface area contributed by atoms with Crippen LogP contribution in [0.3, 0.4) is 0 Å². The Balaban J connectivity index is 1.89. The van der Waals surface area contributed by atoms with Crippen LogP contribution in [-0.2, 0) is 21.4 Å². The highest BCUT2D eigenvalue weighted by Crippen LogP contribution is 2.22. The maximum absolute atomic E-state index is 14.0. The summed E-state index contributed by atoms with van der Waals surface area (Å²) in [6, 6.07) is 11.6. The van der Waals surface area contributed by atoms with Gasteiger partial charge < -0.3 is 20.3 Å². The van der Waals surface area contributed by atoms with E-state index in [0.29, 0.717) is 6.07 Å². The molecule has 2 aromatic carbocycles. The van der Waals surface area contributed by atoms with Crippen LogP contribution in [0.15, 0.2) is 53.4 Å². The zero-order valence-corrected chi connectivity index (χ0v) is 14.9. The summed E-state index contributed by atoms with van der Waals surface area (Å²) >= 11 is 0. The van der Waals surface area contributed by atoms with Crippen molar-refractivity contribution in [3.8, 4) is 0 Å². The van der Waals surface area contributed by atoms with Gasteiger partial charge in [0.25, 0.3) is 0 Å². The molecule has 2 aromatic rings. The molecule has 0 radical (unpaired) electrons. The summed E-state index contributed by atoms with van der Waals surface area (Å²) in [5, 5.41) is 27.1. The molecule has 0 saturated heterocycles. The van der Waals surface area contributed by atoms with Crippen LogP contribution in [0.4, 0.5) is 9.18 Å². The number of primary sulfonamides is 1. The van der Waals surface area contributed by atoms with Crippen LogP contribution in [0.5, 0.6) is 0 Å². The lowest BCUT2D eigenvalue weighted by Gasteiger charge is -2.19. The number of carbonyl (C=O) groups is 1. The van der Waals surface area contributed by atoms with Gasteiger partial charge in [0, 0.05) is 12.1 Å². The van der Waals surface area contributed by atoms with Gasteiger partial charge in [-0.05, 0) is 17.7 Å². The molecule has 0 heterocycles. The molecule has 0 saturated carbocycles. The monoisotopic (exact) mass is 398 g/mol. The molecule has 0 spiro atoms. The van der Waals surface area contributed by atoms with Crippen LogP contribution in [0.25, 0.3) is 0 Å². The van der Waals surface area contributed by atoms with Gasteiger partial charge in [-0.1, -0.05) is 36.4 Å². The van der Waals surface area contributed by atoms with Crippen LogP contribution in [-0.4, -0.2) is 37.4 Å².